The normalized spacial score (nSPS) is 11.5. The zero-order chi connectivity index (χ0) is 91.4. The van der Waals surface area contributed by atoms with Crippen molar-refractivity contribution < 1.29 is 0 Å². The number of hydrogen-bond donors (Lipinski definition) is 0. The Morgan fingerprint density at radius 2 is 0.384 bits per heavy atom. The molecule has 21 aromatic carbocycles. The summed E-state index contributed by atoms with van der Waals surface area (Å²) in [5.74, 6) is 0. The van der Waals surface area contributed by atoms with E-state index in [4.69, 9.17) is 15.0 Å². The zero-order valence-corrected chi connectivity index (χ0v) is 75.2. The number of fused-ring (bicyclic) bond motifs is 15. The van der Waals surface area contributed by atoms with Crippen LogP contribution in [0, 0.1) is 0 Å². The molecule has 0 atom stereocenters. The molecule has 0 amide bonds. The summed E-state index contributed by atoms with van der Waals surface area (Å²) in [6.45, 7) is 0. The van der Waals surface area contributed by atoms with Crippen LogP contribution in [0.5, 0.6) is 0 Å². The fraction of sp³-hybridized carbons (Fsp3) is 0. The van der Waals surface area contributed by atoms with Gasteiger partial charge in [0.25, 0.3) is 0 Å². The van der Waals surface area contributed by atoms with E-state index in [1.807, 2.05) is 37.2 Å². The highest BCUT2D eigenvalue weighted by Gasteiger charge is 2.23. The van der Waals surface area contributed by atoms with Crippen molar-refractivity contribution in [1.29, 1.82) is 0 Å². The second kappa shape index (κ2) is 35.3. The van der Waals surface area contributed by atoms with E-state index in [0.29, 0.717) is 0 Å². The first kappa shape index (κ1) is 81.6. The van der Waals surface area contributed by atoms with Gasteiger partial charge in [-0.15, -0.1) is 0 Å². The van der Waals surface area contributed by atoms with E-state index in [1.165, 1.54) is 192 Å². The fourth-order valence-corrected chi connectivity index (χ4v) is 20.9. The van der Waals surface area contributed by atoms with Gasteiger partial charge in [-0.2, -0.15) is 0 Å². The predicted octanol–water partition coefficient (Wildman–Crippen LogP) is 35.3. The number of pyridine rings is 6. The SMILES string of the molecule is c1ccc(-c2cc(-c3cccc(-c4ccc(-c5cccc6ccncc56)c5ccccc45)c3)c3c(ccc4ccccc43)n2)cc1.c1ccc(-c2cc(-c3cccc(-c4ccc(-c5cccc6cnccc56)c5ccccc45)c3)c3c(ccc4ccccc43)n2)cc1.c1ccc(-c2cc(-c3cccc(-c4ccc(-c5cncc6ccccc56)c5ccccc45)c3)c3c(ccc4ccccc43)n2)cc1. The molecule has 0 saturated heterocycles. The molecule has 642 valence electrons. The van der Waals surface area contributed by atoms with Crippen molar-refractivity contribution in [3.8, 4) is 134 Å². The molecule has 6 heterocycles. The first-order valence-electron chi connectivity index (χ1n) is 47.0. The van der Waals surface area contributed by atoms with Gasteiger partial charge in [0.2, 0.25) is 0 Å². The highest BCUT2D eigenvalue weighted by molar-refractivity contribution is 6.20. The summed E-state index contributed by atoms with van der Waals surface area (Å²) in [5.41, 5.74) is 30.7. The van der Waals surface area contributed by atoms with Crippen LogP contribution in [-0.2, 0) is 0 Å². The minimum atomic E-state index is 0.974. The standard InChI is InChI=1S/3C44H28N2/c1-2-12-30(13-3-1)43-26-40(44-36-18-7-4-11-29(36)21-24-42(44)46-43)32-16-10-15-31(25-32)35-22-23-39(38-20-9-8-19-37(35)38)41-28-45-27-33-14-5-6-17-34(33)41;1-2-11-31(12-3-1)43-27-40(44-35-16-5-4-10-29(35)20-23-42(44)46-43)33-15-8-14-32(26-33)34-21-22-39(37-18-7-6-17-36(34)37)38-19-9-13-30-24-25-45-28-41(30)38;1-2-11-30(12-3-1)43-27-41(44-36-16-5-4-10-29(36)20-23-42(44)46-43)32-14-8-13-31(26-32)34-21-22-40(39-18-7-6-17-37(34)39)38-19-9-15-33-28-45-25-24-35(33)38/h3*1-28H. The van der Waals surface area contributed by atoms with E-state index in [2.05, 4.69) is 488 Å². The molecule has 0 radical (unpaired) electrons. The molecule has 0 bridgehead atoms. The third-order valence-corrected chi connectivity index (χ3v) is 27.4. The molecule has 0 aliphatic rings. The number of benzene rings is 21. The van der Waals surface area contributed by atoms with E-state index >= 15 is 0 Å². The summed E-state index contributed by atoms with van der Waals surface area (Å²) >= 11 is 0. The van der Waals surface area contributed by atoms with Crippen LogP contribution < -0.4 is 0 Å². The van der Waals surface area contributed by atoms with E-state index in [0.717, 1.165) is 72.0 Å². The van der Waals surface area contributed by atoms with Gasteiger partial charge in [-0.3, -0.25) is 15.0 Å². The largest absolute Gasteiger partial charge is 0.264 e. The highest BCUT2D eigenvalue weighted by atomic mass is 14.7. The summed E-state index contributed by atoms with van der Waals surface area (Å²) in [6, 6.07) is 170. The Morgan fingerprint density at radius 3 is 0.790 bits per heavy atom. The molecule has 0 unspecified atom stereocenters. The minimum absolute atomic E-state index is 0.974. The molecule has 0 aliphatic carbocycles. The minimum Gasteiger partial charge on any atom is -0.264 e. The maximum Gasteiger partial charge on any atom is 0.0722 e. The maximum absolute atomic E-state index is 5.16. The van der Waals surface area contributed by atoms with Crippen LogP contribution in [0.4, 0.5) is 0 Å². The smallest absolute Gasteiger partial charge is 0.0722 e. The molecular formula is C132H84N6. The van der Waals surface area contributed by atoms with Crippen molar-refractivity contribution >= 4 is 130 Å². The summed E-state index contributed by atoms with van der Waals surface area (Å²) in [5, 5.41) is 25.3. The molecular weight excluding hydrogens is 1670 g/mol. The lowest BCUT2D eigenvalue weighted by molar-refractivity contribution is 1.36. The summed E-state index contributed by atoms with van der Waals surface area (Å²) < 4.78 is 0. The summed E-state index contributed by atoms with van der Waals surface area (Å²) in [6.07, 6.45) is 11.6. The van der Waals surface area contributed by atoms with Crippen LogP contribution in [0.25, 0.3) is 264 Å². The highest BCUT2D eigenvalue weighted by Crippen LogP contribution is 2.48. The molecule has 0 N–H and O–H groups in total. The number of hydrogen-bond acceptors (Lipinski definition) is 6. The molecule has 6 heteroatoms. The third-order valence-electron chi connectivity index (χ3n) is 27.4. The van der Waals surface area contributed by atoms with Crippen molar-refractivity contribution in [2.24, 2.45) is 0 Å². The van der Waals surface area contributed by atoms with Crippen LogP contribution in [0.3, 0.4) is 0 Å². The van der Waals surface area contributed by atoms with Crippen molar-refractivity contribution in [2.45, 2.75) is 0 Å². The topological polar surface area (TPSA) is 77.3 Å². The molecule has 6 nitrogen and oxygen atoms in total. The first-order chi connectivity index (χ1) is 68.4. The van der Waals surface area contributed by atoms with Crippen LogP contribution in [0.15, 0.2) is 510 Å². The third kappa shape index (κ3) is 15.0. The Labute approximate surface area is 798 Å². The van der Waals surface area contributed by atoms with Gasteiger partial charge in [0.1, 0.15) is 0 Å². The molecule has 0 fully saturated rings. The van der Waals surface area contributed by atoms with Gasteiger partial charge in [0.15, 0.2) is 0 Å². The Bertz CT molecular complexity index is 8600. The Morgan fingerprint density at radius 1 is 0.123 bits per heavy atom. The lowest BCUT2D eigenvalue weighted by Crippen LogP contribution is -1.92. The molecule has 27 aromatic rings. The van der Waals surface area contributed by atoms with E-state index in [1.54, 1.807) is 0 Å². The molecule has 0 spiro atoms. The Balaban J connectivity index is 0.000000110. The average Bonchev–Trinajstić information content (AvgIpc) is 0.756. The molecule has 138 heavy (non-hydrogen) atoms. The van der Waals surface area contributed by atoms with E-state index < -0.39 is 0 Å². The van der Waals surface area contributed by atoms with Gasteiger partial charge >= 0.3 is 0 Å². The van der Waals surface area contributed by atoms with Crippen LogP contribution >= 0.6 is 0 Å². The van der Waals surface area contributed by atoms with Gasteiger partial charge in [0.05, 0.1) is 33.6 Å². The average molecular weight is 1750 g/mol. The van der Waals surface area contributed by atoms with E-state index in [9.17, 15) is 0 Å². The quantitative estimate of drug-likeness (QED) is 0.113. The van der Waals surface area contributed by atoms with Gasteiger partial charge in [-0.25, -0.2) is 15.0 Å². The van der Waals surface area contributed by atoms with Gasteiger partial charge in [-0.1, -0.05) is 406 Å². The van der Waals surface area contributed by atoms with Gasteiger partial charge in [-0.05, 0) is 242 Å². The number of rotatable bonds is 12. The zero-order valence-electron chi connectivity index (χ0n) is 75.2. The lowest BCUT2D eigenvalue weighted by Gasteiger charge is -2.16. The fourth-order valence-electron chi connectivity index (χ4n) is 20.9. The Hall–Kier alpha value is -18.4. The first-order valence-corrected chi connectivity index (χ1v) is 47.0. The van der Waals surface area contributed by atoms with Gasteiger partial charge in [0, 0.05) is 91.8 Å². The molecule has 6 aromatic heterocycles. The van der Waals surface area contributed by atoms with Crippen molar-refractivity contribution in [1.82, 2.24) is 29.9 Å². The predicted molar refractivity (Wildman–Crippen MR) is 581 cm³/mol. The summed E-state index contributed by atoms with van der Waals surface area (Å²) in [7, 11) is 0. The number of nitrogens with zero attached hydrogens (tertiary/aromatic N) is 6. The molecule has 0 saturated carbocycles. The number of aromatic nitrogens is 6. The van der Waals surface area contributed by atoms with Crippen molar-refractivity contribution in [3.63, 3.8) is 0 Å². The van der Waals surface area contributed by atoms with Crippen LogP contribution in [0.2, 0.25) is 0 Å². The van der Waals surface area contributed by atoms with Gasteiger partial charge < -0.3 is 0 Å². The van der Waals surface area contributed by atoms with E-state index in [-0.39, 0.29) is 0 Å². The second-order valence-corrected chi connectivity index (χ2v) is 35.4. The monoisotopic (exact) mass is 1750 g/mol. The Kier molecular flexibility index (Phi) is 20.9. The second-order valence-electron chi connectivity index (χ2n) is 35.4. The van der Waals surface area contributed by atoms with Crippen molar-refractivity contribution in [2.75, 3.05) is 0 Å². The van der Waals surface area contributed by atoms with Crippen LogP contribution in [-0.4, -0.2) is 29.9 Å². The van der Waals surface area contributed by atoms with Crippen molar-refractivity contribution in [3.05, 3.63) is 510 Å². The molecule has 27 rings (SSSR count). The lowest BCUT2D eigenvalue weighted by atomic mass is 9.89. The summed E-state index contributed by atoms with van der Waals surface area (Å²) in [4.78, 5) is 28.9. The maximum atomic E-state index is 5.16. The molecule has 0 aliphatic heterocycles. The van der Waals surface area contributed by atoms with Crippen LogP contribution in [0.1, 0.15) is 0 Å².